The van der Waals surface area contributed by atoms with E-state index in [0.717, 1.165) is 14.5 Å². The summed E-state index contributed by atoms with van der Waals surface area (Å²) in [5, 5.41) is 12.6. The van der Waals surface area contributed by atoms with Crippen LogP contribution < -0.4 is 10.6 Å². The predicted octanol–water partition coefficient (Wildman–Crippen LogP) is 7.23. The number of nitrogens with zero attached hydrogens (tertiary/aromatic N) is 2. The van der Waals surface area contributed by atoms with Crippen LogP contribution in [0.4, 0.5) is 11.5 Å². The molecule has 3 rings (SSSR count). The highest BCUT2D eigenvalue weighted by atomic mass is 79.9. The van der Waals surface area contributed by atoms with Gasteiger partial charge in [-0.1, -0.05) is 56.8 Å². The van der Waals surface area contributed by atoms with Crippen molar-refractivity contribution in [1.82, 2.24) is 9.78 Å². The van der Waals surface area contributed by atoms with Crippen LogP contribution in [0.1, 0.15) is 5.56 Å². The van der Waals surface area contributed by atoms with E-state index in [1.807, 2.05) is 30.5 Å². The molecule has 140 valence electrons. The van der Waals surface area contributed by atoms with Crippen molar-refractivity contribution >= 4 is 95.5 Å². The van der Waals surface area contributed by atoms with Gasteiger partial charge in [0.1, 0.15) is 0 Å². The summed E-state index contributed by atoms with van der Waals surface area (Å²) >= 11 is 30.4. The fourth-order valence-electron chi connectivity index (χ4n) is 2.24. The number of halogens is 5. The molecule has 0 saturated carbocycles. The minimum absolute atomic E-state index is 0.375. The number of nitrogens with one attached hydrogen (secondary N) is 2. The highest BCUT2D eigenvalue weighted by molar-refractivity contribution is 9.10. The van der Waals surface area contributed by atoms with Crippen molar-refractivity contribution in [2.45, 2.75) is 6.54 Å². The summed E-state index contributed by atoms with van der Waals surface area (Å²) < 4.78 is 3.43. The molecule has 0 amide bonds. The van der Waals surface area contributed by atoms with E-state index in [4.69, 9.17) is 47.0 Å². The molecule has 3 aromatic rings. The first-order valence-electron chi connectivity index (χ1n) is 7.52. The molecule has 0 fully saturated rings. The van der Waals surface area contributed by atoms with E-state index in [9.17, 15) is 0 Å². The van der Waals surface area contributed by atoms with Crippen molar-refractivity contribution in [3.05, 3.63) is 72.2 Å². The van der Waals surface area contributed by atoms with Gasteiger partial charge in [-0.2, -0.15) is 5.10 Å². The van der Waals surface area contributed by atoms with Gasteiger partial charge in [-0.25, -0.2) is 0 Å². The second-order valence-corrected chi connectivity index (χ2v) is 8.87. The second kappa shape index (κ2) is 9.11. The van der Waals surface area contributed by atoms with Crippen LogP contribution in [0.25, 0.3) is 0 Å². The molecule has 0 saturated heterocycles. The minimum atomic E-state index is 0.375. The molecule has 2 aromatic carbocycles. The summed E-state index contributed by atoms with van der Waals surface area (Å²) in [7, 11) is 0. The van der Waals surface area contributed by atoms with Crippen LogP contribution in [0.5, 0.6) is 0 Å². The maximum atomic E-state index is 6.20. The zero-order valence-electron chi connectivity index (χ0n) is 13.4. The average molecular weight is 570 g/mol. The molecule has 0 aliphatic rings. The van der Waals surface area contributed by atoms with Gasteiger partial charge in [-0.3, -0.25) is 4.68 Å². The number of anilines is 2. The lowest BCUT2D eigenvalue weighted by atomic mass is 10.2. The van der Waals surface area contributed by atoms with Gasteiger partial charge in [0.2, 0.25) is 0 Å². The van der Waals surface area contributed by atoms with Crippen LogP contribution in [0, 0.1) is 0 Å². The average Bonchev–Trinajstić information content (AvgIpc) is 2.93. The molecular formula is C17H11Br2Cl3N4S. The van der Waals surface area contributed by atoms with E-state index in [1.165, 1.54) is 0 Å². The standard InChI is InChI=1S/C17H11Br2Cl3N4S/c18-10-2-4-15(14(22)6-10)23-17(27)24-16-11(19)8-26(25-16)7-9-1-3-12(20)13(21)5-9/h1-6,8H,7H2,(H2,23,24,25,27). The SMILES string of the molecule is S=C(Nc1ccc(Br)cc1Cl)Nc1nn(Cc2ccc(Cl)c(Cl)c2)cc1Br. The third-order valence-corrected chi connectivity index (χ3v) is 5.79. The van der Waals surface area contributed by atoms with Gasteiger partial charge in [0.15, 0.2) is 10.9 Å². The number of thiocarbonyl (C=S) groups is 1. The molecule has 0 radical (unpaired) electrons. The molecule has 0 aliphatic carbocycles. The third-order valence-electron chi connectivity index (χ3n) is 3.46. The Morgan fingerprint density at radius 2 is 1.78 bits per heavy atom. The lowest BCUT2D eigenvalue weighted by Gasteiger charge is -2.10. The largest absolute Gasteiger partial charge is 0.331 e. The highest BCUT2D eigenvalue weighted by Gasteiger charge is 2.10. The van der Waals surface area contributed by atoms with Crippen molar-refractivity contribution in [3.8, 4) is 0 Å². The Morgan fingerprint density at radius 3 is 2.48 bits per heavy atom. The van der Waals surface area contributed by atoms with E-state index in [1.54, 1.807) is 16.8 Å². The summed E-state index contributed by atoms with van der Waals surface area (Å²) in [4.78, 5) is 0. The Labute approximate surface area is 193 Å². The predicted molar refractivity (Wildman–Crippen MR) is 124 cm³/mol. The number of hydrogen-bond donors (Lipinski definition) is 2. The second-order valence-electron chi connectivity index (χ2n) is 5.47. The first-order valence-corrected chi connectivity index (χ1v) is 10.6. The Kier molecular flexibility index (Phi) is 7.05. The van der Waals surface area contributed by atoms with E-state index in [-0.39, 0.29) is 0 Å². The summed E-state index contributed by atoms with van der Waals surface area (Å²) in [6.07, 6.45) is 1.85. The monoisotopic (exact) mass is 566 g/mol. The van der Waals surface area contributed by atoms with Crippen LogP contribution in [-0.4, -0.2) is 14.9 Å². The fraction of sp³-hybridized carbons (Fsp3) is 0.0588. The number of benzene rings is 2. The van der Waals surface area contributed by atoms with Gasteiger partial charge in [-0.15, -0.1) is 0 Å². The molecule has 0 aliphatic heterocycles. The van der Waals surface area contributed by atoms with Crippen molar-refractivity contribution in [1.29, 1.82) is 0 Å². The van der Waals surface area contributed by atoms with Gasteiger partial charge < -0.3 is 10.6 Å². The lowest BCUT2D eigenvalue weighted by molar-refractivity contribution is 0.689. The Balaban J connectivity index is 1.68. The summed E-state index contributed by atoms with van der Waals surface area (Å²) in [5.74, 6) is 0.584. The van der Waals surface area contributed by atoms with Crippen molar-refractivity contribution in [2.75, 3.05) is 10.6 Å². The minimum Gasteiger partial charge on any atom is -0.331 e. The Bertz CT molecular complexity index is 1010. The van der Waals surface area contributed by atoms with Gasteiger partial charge in [0, 0.05) is 10.7 Å². The molecule has 0 unspecified atom stereocenters. The molecule has 4 nitrogen and oxygen atoms in total. The number of hydrogen-bond acceptors (Lipinski definition) is 2. The van der Waals surface area contributed by atoms with Gasteiger partial charge >= 0.3 is 0 Å². The highest BCUT2D eigenvalue weighted by Crippen LogP contribution is 2.27. The van der Waals surface area contributed by atoms with E-state index < -0.39 is 0 Å². The van der Waals surface area contributed by atoms with Crippen LogP contribution in [0.3, 0.4) is 0 Å². The number of rotatable bonds is 4. The van der Waals surface area contributed by atoms with E-state index in [2.05, 4.69) is 47.6 Å². The maximum Gasteiger partial charge on any atom is 0.176 e. The van der Waals surface area contributed by atoms with Crippen LogP contribution in [0.2, 0.25) is 15.1 Å². The smallest absolute Gasteiger partial charge is 0.176 e. The van der Waals surface area contributed by atoms with Crippen molar-refractivity contribution in [2.24, 2.45) is 0 Å². The molecule has 0 atom stereocenters. The normalized spacial score (nSPS) is 10.7. The van der Waals surface area contributed by atoms with E-state index >= 15 is 0 Å². The summed E-state index contributed by atoms with van der Waals surface area (Å²) in [6, 6.07) is 11.0. The third kappa shape index (κ3) is 5.59. The molecular weight excluding hydrogens is 558 g/mol. The molecule has 1 aromatic heterocycles. The quantitative estimate of drug-likeness (QED) is 0.326. The Morgan fingerprint density at radius 1 is 1.00 bits per heavy atom. The van der Waals surface area contributed by atoms with Crippen molar-refractivity contribution in [3.63, 3.8) is 0 Å². The zero-order chi connectivity index (χ0) is 19.6. The molecule has 0 spiro atoms. The molecule has 1 heterocycles. The lowest BCUT2D eigenvalue weighted by Crippen LogP contribution is -2.20. The zero-order valence-corrected chi connectivity index (χ0v) is 19.7. The summed E-state index contributed by atoms with van der Waals surface area (Å²) in [5.41, 5.74) is 1.68. The topological polar surface area (TPSA) is 41.9 Å². The van der Waals surface area contributed by atoms with Crippen molar-refractivity contribution < 1.29 is 0 Å². The van der Waals surface area contributed by atoms with Crippen LogP contribution in [-0.2, 0) is 6.54 Å². The first-order chi connectivity index (χ1) is 12.8. The molecule has 10 heteroatoms. The fourth-order valence-corrected chi connectivity index (χ4v) is 3.90. The molecule has 27 heavy (non-hydrogen) atoms. The Hall–Kier alpha value is -0.830. The maximum absolute atomic E-state index is 6.20. The molecule has 2 N–H and O–H groups in total. The van der Waals surface area contributed by atoms with Crippen LogP contribution >= 0.6 is 78.9 Å². The van der Waals surface area contributed by atoms with Gasteiger partial charge in [0.05, 0.1) is 31.8 Å². The van der Waals surface area contributed by atoms with Crippen LogP contribution in [0.15, 0.2) is 51.5 Å². The molecule has 0 bridgehead atoms. The van der Waals surface area contributed by atoms with E-state index in [0.29, 0.717) is 38.2 Å². The first kappa shape index (κ1) is 20.9. The van der Waals surface area contributed by atoms with Gasteiger partial charge in [-0.05, 0) is 64.0 Å². The number of aromatic nitrogens is 2. The van der Waals surface area contributed by atoms with Gasteiger partial charge in [0.25, 0.3) is 0 Å². The summed E-state index contributed by atoms with van der Waals surface area (Å²) in [6.45, 7) is 0.538.